The standard InChI is InChI=1S/C8H15NS/c1-6-4-9-8(5-10-6)7-2-3-7/h6-9H,2-5H2,1H3. The van der Waals surface area contributed by atoms with Crippen LogP contribution in [0.4, 0.5) is 0 Å². The lowest BCUT2D eigenvalue weighted by molar-refractivity contribution is 0.492. The molecule has 2 heteroatoms. The Morgan fingerprint density at radius 2 is 2.20 bits per heavy atom. The molecule has 0 radical (unpaired) electrons. The van der Waals surface area contributed by atoms with Gasteiger partial charge in [-0.05, 0) is 18.8 Å². The summed E-state index contributed by atoms with van der Waals surface area (Å²) in [6.45, 7) is 3.53. The van der Waals surface area contributed by atoms with E-state index < -0.39 is 0 Å². The van der Waals surface area contributed by atoms with Crippen LogP contribution in [0.3, 0.4) is 0 Å². The monoisotopic (exact) mass is 157 g/mol. The second-order valence-electron chi connectivity index (χ2n) is 3.50. The van der Waals surface area contributed by atoms with Crippen molar-refractivity contribution in [2.75, 3.05) is 12.3 Å². The zero-order valence-corrected chi connectivity index (χ0v) is 7.29. The maximum atomic E-state index is 3.61. The van der Waals surface area contributed by atoms with Crippen LogP contribution in [0, 0.1) is 5.92 Å². The molecule has 0 amide bonds. The molecular weight excluding hydrogens is 142 g/mol. The van der Waals surface area contributed by atoms with E-state index in [4.69, 9.17) is 0 Å². The average molecular weight is 157 g/mol. The Kier molecular flexibility index (Phi) is 1.92. The van der Waals surface area contributed by atoms with Crippen molar-refractivity contribution in [2.24, 2.45) is 5.92 Å². The highest BCUT2D eigenvalue weighted by molar-refractivity contribution is 8.00. The molecule has 0 spiro atoms. The Labute approximate surface area is 67.0 Å². The van der Waals surface area contributed by atoms with E-state index in [2.05, 4.69) is 24.0 Å². The van der Waals surface area contributed by atoms with Crippen molar-refractivity contribution in [2.45, 2.75) is 31.1 Å². The molecule has 58 valence electrons. The lowest BCUT2D eigenvalue weighted by Crippen LogP contribution is -2.42. The summed E-state index contributed by atoms with van der Waals surface area (Å²) in [6, 6.07) is 0.862. The van der Waals surface area contributed by atoms with Crippen molar-refractivity contribution in [3.63, 3.8) is 0 Å². The molecular formula is C8H15NS. The molecule has 0 aromatic rings. The summed E-state index contributed by atoms with van der Waals surface area (Å²) >= 11 is 2.13. The summed E-state index contributed by atoms with van der Waals surface area (Å²) in [5.41, 5.74) is 0. The van der Waals surface area contributed by atoms with Crippen molar-refractivity contribution >= 4 is 11.8 Å². The van der Waals surface area contributed by atoms with Gasteiger partial charge >= 0.3 is 0 Å². The van der Waals surface area contributed by atoms with Crippen molar-refractivity contribution in [1.29, 1.82) is 0 Å². The molecule has 1 aliphatic heterocycles. The number of thioether (sulfide) groups is 1. The Bertz CT molecular complexity index is 114. The Hall–Kier alpha value is 0.310. The van der Waals surface area contributed by atoms with Crippen molar-refractivity contribution < 1.29 is 0 Å². The molecule has 2 atom stereocenters. The smallest absolute Gasteiger partial charge is 0.0187 e. The molecule has 1 N–H and O–H groups in total. The highest BCUT2D eigenvalue weighted by Crippen LogP contribution is 2.35. The van der Waals surface area contributed by atoms with Gasteiger partial charge in [-0.2, -0.15) is 11.8 Å². The zero-order chi connectivity index (χ0) is 6.97. The number of hydrogen-bond donors (Lipinski definition) is 1. The van der Waals surface area contributed by atoms with Gasteiger partial charge in [0.1, 0.15) is 0 Å². The Morgan fingerprint density at radius 1 is 1.40 bits per heavy atom. The molecule has 10 heavy (non-hydrogen) atoms. The van der Waals surface area contributed by atoms with E-state index in [1.165, 1.54) is 25.1 Å². The molecule has 1 nitrogen and oxygen atoms in total. The topological polar surface area (TPSA) is 12.0 Å². The molecule has 2 unspecified atom stereocenters. The number of hydrogen-bond acceptors (Lipinski definition) is 2. The minimum atomic E-state index is 0.843. The highest BCUT2D eigenvalue weighted by atomic mass is 32.2. The van der Waals surface area contributed by atoms with Crippen LogP contribution in [-0.4, -0.2) is 23.6 Å². The van der Waals surface area contributed by atoms with E-state index in [9.17, 15) is 0 Å². The SMILES string of the molecule is CC1CNC(C2CC2)CS1. The van der Waals surface area contributed by atoms with Gasteiger partial charge in [-0.1, -0.05) is 6.92 Å². The summed E-state index contributed by atoms with van der Waals surface area (Å²) < 4.78 is 0. The van der Waals surface area contributed by atoms with Crippen molar-refractivity contribution in [3.8, 4) is 0 Å². The van der Waals surface area contributed by atoms with E-state index in [1.807, 2.05) is 0 Å². The van der Waals surface area contributed by atoms with Gasteiger partial charge in [-0.3, -0.25) is 0 Å². The first kappa shape index (κ1) is 6.99. The van der Waals surface area contributed by atoms with Crippen LogP contribution >= 0.6 is 11.8 Å². The zero-order valence-electron chi connectivity index (χ0n) is 6.47. The summed E-state index contributed by atoms with van der Waals surface area (Å²) in [6.07, 6.45) is 2.96. The normalized spacial score (nSPS) is 41.7. The van der Waals surface area contributed by atoms with Crippen LogP contribution in [0.15, 0.2) is 0 Å². The van der Waals surface area contributed by atoms with Crippen molar-refractivity contribution in [3.05, 3.63) is 0 Å². The van der Waals surface area contributed by atoms with Gasteiger partial charge in [-0.25, -0.2) is 0 Å². The Balaban J connectivity index is 1.79. The maximum Gasteiger partial charge on any atom is 0.0187 e. The van der Waals surface area contributed by atoms with Crippen LogP contribution in [-0.2, 0) is 0 Å². The number of nitrogens with one attached hydrogen (secondary N) is 1. The second kappa shape index (κ2) is 2.74. The van der Waals surface area contributed by atoms with Crippen LogP contribution in [0.25, 0.3) is 0 Å². The van der Waals surface area contributed by atoms with Gasteiger partial charge in [0.15, 0.2) is 0 Å². The summed E-state index contributed by atoms with van der Waals surface area (Å²) in [4.78, 5) is 0. The van der Waals surface area contributed by atoms with E-state index in [1.54, 1.807) is 0 Å². The lowest BCUT2D eigenvalue weighted by atomic mass is 10.2. The molecule has 2 aliphatic rings. The minimum absolute atomic E-state index is 0.843. The molecule has 2 rings (SSSR count). The maximum absolute atomic E-state index is 3.61. The first-order valence-electron chi connectivity index (χ1n) is 4.21. The van der Waals surface area contributed by atoms with E-state index in [-0.39, 0.29) is 0 Å². The van der Waals surface area contributed by atoms with Gasteiger partial charge in [0.05, 0.1) is 0 Å². The highest BCUT2D eigenvalue weighted by Gasteiger charge is 2.33. The van der Waals surface area contributed by atoms with E-state index in [0.29, 0.717) is 0 Å². The molecule has 2 fully saturated rings. The molecule has 0 aromatic carbocycles. The average Bonchev–Trinajstić information content (AvgIpc) is 2.71. The second-order valence-corrected chi connectivity index (χ2v) is 4.97. The summed E-state index contributed by atoms with van der Waals surface area (Å²) in [7, 11) is 0. The summed E-state index contributed by atoms with van der Waals surface area (Å²) in [5, 5.41) is 4.45. The third kappa shape index (κ3) is 1.48. The number of rotatable bonds is 1. The Morgan fingerprint density at radius 3 is 2.70 bits per heavy atom. The molecule has 1 heterocycles. The van der Waals surface area contributed by atoms with Crippen LogP contribution in [0.2, 0.25) is 0 Å². The van der Waals surface area contributed by atoms with Gasteiger partial charge in [0.25, 0.3) is 0 Å². The van der Waals surface area contributed by atoms with Gasteiger partial charge < -0.3 is 5.32 Å². The van der Waals surface area contributed by atoms with Crippen LogP contribution < -0.4 is 5.32 Å². The van der Waals surface area contributed by atoms with Gasteiger partial charge in [-0.15, -0.1) is 0 Å². The fourth-order valence-electron chi connectivity index (χ4n) is 1.50. The molecule has 1 saturated heterocycles. The summed E-state index contributed by atoms with van der Waals surface area (Å²) in [5.74, 6) is 2.39. The minimum Gasteiger partial charge on any atom is -0.312 e. The lowest BCUT2D eigenvalue weighted by Gasteiger charge is -2.27. The molecule has 0 bridgehead atoms. The fourth-order valence-corrected chi connectivity index (χ4v) is 2.64. The van der Waals surface area contributed by atoms with Crippen LogP contribution in [0.5, 0.6) is 0 Å². The molecule has 1 aliphatic carbocycles. The molecule has 0 aromatic heterocycles. The fraction of sp³-hybridized carbons (Fsp3) is 1.00. The van der Waals surface area contributed by atoms with Gasteiger partial charge in [0, 0.05) is 23.6 Å². The quantitative estimate of drug-likeness (QED) is 0.619. The van der Waals surface area contributed by atoms with Crippen molar-refractivity contribution in [1.82, 2.24) is 5.32 Å². The first-order valence-corrected chi connectivity index (χ1v) is 5.26. The third-order valence-corrected chi connectivity index (χ3v) is 3.71. The van der Waals surface area contributed by atoms with Crippen LogP contribution in [0.1, 0.15) is 19.8 Å². The van der Waals surface area contributed by atoms with E-state index >= 15 is 0 Å². The third-order valence-electron chi connectivity index (χ3n) is 2.42. The predicted molar refractivity (Wildman–Crippen MR) is 46.4 cm³/mol. The molecule has 1 saturated carbocycles. The van der Waals surface area contributed by atoms with Gasteiger partial charge in [0.2, 0.25) is 0 Å². The largest absolute Gasteiger partial charge is 0.312 e. The van der Waals surface area contributed by atoms with E-state index in [0.717, 1.165) is 17.2 Å². The predicted octanol–water partition coefficient (Wildman–Crippen LogP) is 1.49. The first-order chi connectivity index (χ1) is 4.86.